The highest BCUT2D eigenvalue weighted by Crippen LogP contribution is 2.19. The van der Waals surface area contributed by atoms with E-state index < -0.39 is 7.12 Å². The molecular weight excluding hydrogens is 215 g/mol. The Bertz CT molecular complexity index is 494. The van der Waals surface area contributed by atoms with Crippen molar-refractivity contribution >= 4 is 12.6 Å². The van der Waals surface area contributed by atoms with Crippen LogP contribution in [0.3, 0.4) is 0 Å². The summed E-state index contributed by atoms with van der Waals surface area (Å²) in [6.45, 7) is 2.00. The summed E-state index contributed by atoms with van der Waals surface area (Å²) in [5, 5.41) is 18.4. The van der Waals surface area contributed by atoms with Gasteiger partial charge in [0.05, 0.1) is 0 Å². The molecule has 0 aliphatic heterocycles. The fourth-order valence-corrected chi connectivity index (χ4v) is 1.52. The van der Waals surface area contributed by atoms with Crippen molar-refractivity contribution in [3.63, 3.8) is 0 Å². The van der Waals surface area contributed by atoms with Crippen LogP contribution in [0.5, 0.6) is 11.5 Å². The monoisotopic (exact) mass is 228 g/mol. The first-order chi connectivity index (χ1) is 8.16. The second-order valence-corrected chi connectivity index (χ2v) is 3.83. The lowest BCUT2D eigenvalue weighted by Crippen LogP contribution is -2.30. The van der Waals surface area contributed by atoms with E-state index in [9.17, 15) is 10.0 Å². The van der Waals surface area contributed by atoms with Crippen molar-refractivity contribution in [2.24, 2.45) is 0 Å². The highest BCUT2D eigenvalue weighted by atomic mass is 16.5. The summed E-state index contributed by atoms with van der Waals surface area (Å²) in [5.41, 5.74) is 1.50. The molecular formula is C13H13BO3. The van der Waals surface area contributed by atoms with Gasteiger partial charge in [0.1, 0.15) is 11.5 Å². The number of para-hydroxylation sites is 1. The number of hydrogen-bond donors (Lipinski definition) is 2. The minimum atomic E-state index is -1.53. The topological polar surface area (TPSA) is 49.7 Å². The van der Waals surface area contributed by atoms with Crippen LogP contribution in [0.25, 0.3) is 0 Å². The Morgan fingerprint density at radius 2 is 1.59 bits per heavy atom. The average molecular weight is 228 g/mol. The van der Waals surface area contributed by atoms with Gasteiger partial charge in [-0.2, -0.15) is 0 Å². The summed E-state index contributed by atoms with van der Waals surface area (Å²) in [6, 6.07) is 14.4. The molecule has 3 nitrogen and oxygen atoms in total. The highest BCUT2D eigenvalue weighted by Gasteiger charge is 2.16. The van der Waals surface area contributed by atoms with E-state index in [1.54, 1.807) is 24.3 Å². The highest BCUT2D eigenvalue weighted by molar-refractivity contribution is 6.59. The van der Waals surface area contributed by atoms with Crippen molar-refractivity contribution in [3.05, 3.63) is 54.1 Å². The predicted octanol–water partition coefficient (Wildman–Crippen LogP) is 1.47. The SMILES string of the molecule is Cc1ccc(Oc2ccccc2B(O)O)cc1. The van der Waals surface area contributed by atoms with Gasteiger partial charge in [-0.3, -0.25) is 0 Å². The molecule has 0 unspecified atom stereocenters. The normalized spacial score (nSPS) is 10.1. The molecule has 0 fully saturated rings. The van der Waals surface area contributed by atoms with Crippen LogP contribution in [-0.2, 0) is 0 Å². The van der Waals surface area contributed by atoms with Gasteiger partial charge in [0.15, 0.2) is 0 Å². The van der Waals surface area contributed by atoms with Gasteiger partial charge in [-0.15, -0.1) is 0 Å². The molecule has 86 valence electrons. The van der Waals surface area contributed by atoms with E-state index >= 15 is 0 Å². The number of benzene rings is 2. The number of rotatable bonds is 3. The molecule has 0 aromatic heterocycles. The van der Waals surface area contributed by atoms with Crippen LogP contribution in [-0.4, -0.2) is 17.2 Å². The summed E-state index contributed by atoms with van der Waals surface area (Å²) in [5.74, 6) is 1.12. The lowest BCUT2D eigenvalue weighted by atomic mass is 9.79. The van der Waals surface area contributed by atoms with Crippen molar-refractivity contribution in [1.82, 2.24) is 0 Å². The van der Waals surface area contributed by atoms with Crippen molar-refractivity contribution in [1.29, 1.82) is 0 Å². The van der Waals surface area contributed by atoms with Crippen LogP contribution in [0.1, 0.15) is 5.56 Å². The number of ether oxygens (including phenoxy) is 1. The third-order valence-electron chi connectivity index (χ3n) is 2.45. The van der Waals surface area contributed by atoms with E-state index in [4.69, 9.17) is 4.74 Å². The van der Waals surface area contributed by atoms with Gasteiger partial charge in [-0.05, 0) is 25.1 Å². The first-order valence-electron chi connectivity index (χ1n) is 5.36. The lowest BCUT2D eigenvalue weighted by Gasteiger charge is -2.10. The third-order valence-corrected chi connectivity index (χ3v) is 2.45. The molecule has 0 bridgehead atoms. The third kappa shape index (κ3) is 2.87. The second kappa shape index (κ2) is 5.04. The molecule has 2 N–H and O–H groups in total. The standard InChI is InChI=1S/C13H13BO3/c1-10-6-8-11(9-7-10)17-13-5-3-2-4-12(13)14(15)16/h2-9,15-16H,1H3. The molecule has 17 heavy (non-hydrogen) atoms. The maximum Gasteiger partial charge on any atom is 0.492 e. The van der Waals surface area contributed by atoms with E-state index in [-0.39, 0.29) is 0 Å². The largest absolute Gasteiger partial charge is 0.492 e. The van der Waals surface area contributed by atoms with Gasteiger partial charge >= 0.3 is 7.12 Å². The smallest absolute Gasteiger partial charge is 0.458 e. The maximum atomic E-state index is 9.20. The van der Waals surface area contributed by atoms with Crippen LogP contribution in [0.15, 0.2) is 48.5 Å². The fourth-order valence-electron chi connectivity index (χ4n) is 1.52. The minimum absolute atomic E-state index is 0.355. The molecule has 2 aromatic carbocycles. The molecule has 0 aliphatic carbocycles. The second-order valence-electron chi connectivity index (χ2n) is 3.83. The number of aryl methyl sites for hydroxylation is 1. The predicted molar refractivity (Wildman–Crippen MR) is 67.5 cm³/mol. The van der Waals surface area contributed by atoms with Crippen molar-refractivity contribution in [3.8, 4) is 11.5 Å². The van der Waals surface area contributed by atoms with Gasteiger partial charge in [-0.25, -0.2) is 0 Å². The summed E-state index contributed by atoms with van der Waals surface area (Å²) in [4.78, 5) is 0. The van der Waals surface area contributed by atoms with Gasteiger partial charge in [0.25, 0.3) is 0 Å². The van der Waals surface area contributed by atoms with Crippen LogP contribution in [0.2, 0.25) is 0 Å². The van der Waals surface area contributed by atoms with E-state index in [2.05, 4.69) is 0 Å². The molecule has 4 heteroatoms. The maximum absolute atomic E-state index is 9.20. The quantitative estimate of drug-likeness (QED) is 0.782. The summed E-state index contributed by atoms with van der Waals surface area (Å²) in [6.07, 6.45) is 0. The van der Waals surface area contributed by atoms with Crippen LogP contribution < -0.4 is 10.2 Å². The Hall–Kier alpha value is -1.78. The molecule has 0 heterocycles. The van der Waals surface area contributed by atoms with Crippen LogP contribution >= 0.6 is 0 Å². The molecule has 0 amide bonds. The average Bonchev–Trinajstić information content (AvgIpc) is 2.32. The lowest BCUT2D eigenvalue weighted by molar-refractivity contribution is 0.420. The molecule has 0 saturated heterocycles. The van der Waals surface area contributed by atoms with Gasteiger partial charge in [0.2, 0.25) is 0 Å². The minimum Gasteiger partial charge on any atom is -0.458 e. The van der Waals surface area contributed by atoms with Crippen molar-refractivity contribution < 1.29 is 14.8 Å². The fraction of sp³-hybridized carbons (Fsp3) is 0.0769. The van der Waals surface area contributed by atoms with Gasteiger partial charge in [0, 0.05) is 5.46 Å². The first-order valence-corrected chi connectivity index (χ1v) is 5.36. The Kier molecular flexibility index (Phi) is 3.47. The van der Waals surface area contributed by atoms with E-state index in [1.807, 2.05) is 31.2 Å². The summed E-state index contributed by atoms with van der Waals surface area (Å²) >= 11 is 0. The van der Waals surface area contributed by atoms with Gasteiger partial charge < -0.3 is 14.8 Å². The first kappa shape index (κ1) is 11.7. The Balaban J connectivity index is 2.26. The molecule has 0 spiro atoms. The zero-order valence-corrected chi connectivity index (χ0v) is 9.50. The Labute approximate surface area is 100 Å². The molecule has 2 rings (SSSR count). The van der Waals surface area contributed by atoms with Gasteiger partial charge in [-0.1, -0.05) is 35.9 Å². The summed E-state index contributed by atoms with van der Waals surface area (Å²) < 4.78 is 5.61. The van der Waals surface area contributed by atoms with E-state index in [0.717, 1.165) is 5.56 Å². The van der Waals surface area contributed by atoms with Crippen LogP contribution in [0, 0.1) is 6.92 Å². The summed E-state index contributed by atoms with van der Waals surface area (Å²) in [7, 11) is -1.53. The zero-order chi connectivity index (χ0) is 12.3. The Morgan fingerprint density at radius 3 is 2.24 bits per heavy atom. The molecule has 0 aliphatic rings. The Morgan fingerprint density at radius 1 is 0.941 bits per heavy atom. The van der Waals surface area contributed by atoms with E-state index in [0.29, 0.717) is 17.0 Å². The van der Waals surface area contributed by atoms with Crippen molar-refractivity contribution in [2.45, 2.75) is 6.92 Å². The molecule has 0 saturated carbocycles. The van der Waals surface area contributed by atoms with E-state index in [1.165, 1.54) is 0 Å². The van der Waals surface area contributed by atoms with Crippen molar-refractivity contribution in [2.75, 3.05) is 0 Å². The number of hydrogen-bond acceptors (Lipinski definition) is 3. The molecule has 0 atom stereocenters. The molecule has 2 aromatic rings. The van der Waals surface area contributed by atoms with Crippen LogP contribution in [0.4, 0.5) is 0 Å². The zero-order valence-electron chi connectivity index (χ0n) is 9.50. The molecule has 0 radical (unpaired) electrons.